The summed E-state index contributed by atoms with van der Waals surface area (Å²) in [5.74, 6) is -3.16. The number of unbranched alkanes of at least 4 members (excludes halogenated alkanes) is 5. The maximum absolute atomic E-state index is 12.8. The molecule has 0 spiro atoms. The van der Waals surface area contributed by atoms with Crippen molar-refractivity contribution in [1.29, 1.82) is 0 Å². The Morgan fingerprint density at radius 3 is 2.30 bits per heavy atom. The number of nitrogens with one attached hydrogen (secondary N) is 2. The molecule has 3 aliphatic rings. The number of aromatic hydroxyl groups is 3. The summed E-state index contributed by atoms with van der Waals surface area (Å²) >= 11 is 14.7. The summed E-state index contributed by atoms with van der Waals surface area (Å²) in [4.78, 5) is 20.2. The first-order valence-electron chi connectivity index (χ1n) is 24.7. The number of carbonyl (C=O) groups excluding carboxylic acids is 1. The number of aromatic nitrogens is 1. The maximum Gasteiger partial charge on any atom is 0.333 e. The minimum Gasteiger partial charge on any atom is -0.506 e. The van der Waals surface area contributed by atoms with E-state index in [-0.39, 0.29) is 58.3 Å². The quantitative estimate of drug-likeness (QED) is 0.0119. The molecular formula is C50H60BrClN5O14S6+. The smallest absolute Gasteiger partial charge is 0.333 e. The summed E-state index contributed by atoms with van der Waals surface area (Å²) < 4.78 is 102. The van der Waals surface area contributed by atoms with Crippen molar-refractivity contribution in [3.05, 3.63) is 120 Å². The Morgan fingerprint density at radius 2 is 1.62 bits per heavy atom. The molecule has 27 heteroatoms. The third-order valence-electron chi connectivity index (χ3n) is 12.8. The Bertz CT molecular complexity index is 3290. The summed E-state index contributed by atoms with van der Waals surface area (Å²) in [6.07, 6.45) is 13.3. The molecule has 1 fully saturated rings. The Morgan fingerprint density at radius 1 is 0.909 bits per heavy atom. The molecule has 2 aromatic heterocycles. The summed E-state index contributed by atoms with van der Waals surface area (Å²) in [7, 11) is -13.4. The minimum absolute atomic E-state index is 0.0261. The van der Waals surface area contributed by atoms with Crippen LogP contribution in [0, 0.1) is 0 Å². The van der Waals surface area contributed by atoms with Crippen LogP contribution in [0.4, 0.5) is 5.69 Å². The van der Waals surface area contributed by atoms with E-state index in [2.05, 4.69) is 61.4 Å². The molecule has 77 heavy (non-hydrogen) atoms. The summed E-state index contributed by atoms with van der Waals surface area (Å²) in [5.41, 5.74) is 7.21. The molecule has 4 unspecified atom stereocenters. The molecule has 7 rings (SSSR count). The molecule has 0 bridgehead atoms. The highest BCUT2D eigenvalue weighted by atomic mass is 79.9. The van der Waals surface area contributed by atoms with Crippen molar-refractivity contribution in [2.75, 3.05) is 37.2 Å². The van der Waals surface area contributed by atoms with E-state index in [0.717, 1.165) is 62.6 Å². The monoisotopic (exact) mass is 1260 g/mol. The van der Waals surface area contributed by atoms with E-state index in [4.69, 9.17) is 21.0 Å². The third kappa shape index (κ3) is 16.6. The lowest BCUT2D eigenvalue weighted by Gasteiger charge is -2.26. The molecule has 0 radical (unpaired) electrons. The average Bonchev–Trinajstić information content (AvgIpc) is 4.11. The van der Waals surface area contributed by atoms with Gasteiger partial charge in [-0.25, -0.2) is 9.37 Å². The second kappa shape index (κ2) is 26.8. The standard InChI is InChI=1S/C50H59BrClN5O14S6/c1-2-3-26-56-45(74-49(33-12-17-35(52)18-13-33)47(56)32-14-19-36(20-15-32)53-24-8-5-9-28-75(62,63)64)30-40-37(10-6-4-7-11-46(59)71-57-43(58)31-42(50(57)61)76(65,66)67)48(60)39(72-40)22-23-44-55(27-25-54-77(68,69)70)38-21-16-34(51)29-41(38)73-44/h12-22,29,31,38,41,47,49,53-54H,2-11,24-28,30H2,1H3,(H5-,58,60,61,62,63,64,65,66,67,68,69,70)/p+1. The van der Waals surface area contributed by atoms with Gasteiger partial charge in [0.15, 0.2) is 10.9 Å². The van der Waals surface area contributed by atoms with E-state index in [0.29, 0.717) is 72.5 Å². The van der Waals surface area contributed by atoms with Crippen molar-refractivity contribution in [3.63, 3.8) is 0 Å². The van der Waals surface area contributed by atoms with Crippen LogP contribution in [0.2, 0.25) is 5.02 Å². The van der Waals surface area contributed by atoms with E-state index in [1.165, 1.54) is 23.1 Å². The van der Waals surface area contributed by atoms with Crippen LogP contribution < -0.4 is 14.9 Å². The van der Waals surface area contributed by atoms with E-state index in [9.17, 15) is 54.5 Å². The highest BCUT2D eigenvalue weighted by molar-refractivity contribution is 9.11. The number of hydrogen-bond donors (Lipinski definition) is 8. The molecule has 418 valence electrons. The van der Waals surface area contributed by atoms with Crippen molar-refractivity contribution in [2.45, 2.75) is 105 Å². The fraction of sp³-hybridized carbons (Fsp3) is 0.420. The van der Waals surface area contributed by atoms with Gasteiger partial charge in [0.1, 0.15) is 22.6 Å². The minimum atomic E-state index is -4.92. The SMILES string of the molecule is CCCC[N+]1=C(Cc2sc(C=C=C3SC4C=C(Br)C=CC4N3CCNS(=O)(=O)O)c(O)c2CCCCCC(=O)On2c(O)cc(S(=O)(=O)O)c2O)SC(c2ccc(Cl)cc2)C1c1ccc(NCCCCCS(=O)(=O)O)cc1. The van der Waals surface area contributed by atoms with Crippen molar-refractivity contribution in [3.8, 4) is 17.5 Å². The number of carbonyl (C=O) groups is 1. The molecule has 4 aromatic rings. The first kappa shape index (κ1) is 60.4. The van der Waals surface area contributed by atoms with Gasteiger partial charge in [-0.3, -0.25) is 13.7 Å². The molecule has 1 aliphatic carbocycles. The third-order valence-corrected chi connectivity index (χ3v) is 19.7. The average molecular weight is 1260 g/mol. The van der Waals surface area contributed by atoms with Gasteiger partial charge in [0.25, 0.3) is 26.1 Å². The molecule has 4 atom stereocenters. The van der Waals surface area contributed by atoms with Crippen molar-refractivity contribution >= 4 is 116 Å². The number of nitrogens with zero attached hydrogens (tertiary/aromatic N) is 3. The molecule has 8 N–H and O–H groups in total. The predicted molar refractivity (Wildman–Crippen MR) is 305 cm³/mol. The van der Waals surface area contributed by atoms with Crippen LogP contribution in [0.3, 0.4) is 0 Å². The second-order valence-corrected chi connectivity index (χ2v) is 27.5. The Balaban J connectivity index is 1.19. The maximum atomic E-state index is 12.8. The molecular weight excluding hydrogens is 1200 g/mol. The van der Waals surface area contributed by atoms with Gasteiger partial charge in [0.2, 0.25) is 10.9 Å². The van der Waals surface area contributed by atoms with Crippen LogP contribution in [-0.4, -0.2) is 123 Å². The Hall–Kier alpha value is -4.28. The van der Waals surface area contributed by atoms with Gasteiger partial charge in [0, 0.05) is 75.8 Å². The number of rotatable bonds is 27. The van der Waals surface area contributed by atoms with Gasteiger partial charge in [0.05, 0.1) is 28.3 Å². The Labute approximate surface area is 474 Å². The van der Waals surface area contributed by atoms with E-state index < -0.39 is 53.2 Å². The largest absolute Gasteiger partial charge is 0.506 e. The number of allylic oxidation sites excluding steroid dienone is 2. The molecule has 0 saturated carbocycles. The number of halogens is 2. The Kier molecular flexibility index (Phi) is 21.0. The number of hydrogen-bond acceptors (Lipinski definition) is 16. The number of anilines is 1. The van der Waals surface area contributed by atoms with Crippen LogP contribution in [0.15, 0.2) is 93.0 Å². The van der Waals surface area contributed by atoms with Crippen LogP contribution in [0.5, 0.6) is 17.5 Å². The van der Waals surface area contributed by atoms with Gasteiger partial charge in [-0.05, 0) is 73.7 Å². The molecule has 2 aliphatic heterocycles. The summed E-state index contributed by atoms with van der Waals surface area (Å²) in [6.45, 7) is 3.67. The molecule has 0 amide bonds. The number of thioether (sulfide) groups is 2. The normalized spacial score (nSPS) is 18.6. The summed E-state index contributed by atoms with van der Waals surface area (Å²) in [6, 6.07) is 16.5. The number of benzene rings is 2. The van der Waals surface area contributed by atoms with E-state index in [1.807, 2.05) is 53.5 Å². The van der Waals surface area contributed by atoms with Crippen LogP contribution >= 0.6 is 62.4 Å². The van der Waals surface area contributed by atoms with Crippen LogP contribution in [0.25, 0.3) is 6.08 Å². The van der Waals surface area contributed by atoms with E-state index >= 15 is 0 Å². The van der Waals surface area contributed by atoms with Gasteiger partial charge >= 0.3 is 16.3 Å². The highest BCUT2D eigenvalue weighted by Crippen LogP contribution is 2.50. The van der Waals surface area contributed by atoms with Crippen molar-refractivity contribution in [1.82, 2.24) is 14.4 Å². The zero-order valence-electron chi connectivity index (χ0n) is 41.6. The lowest BCUT2D eigenvalue weighted by atomic mass is 9.97. The lowest BCUT2D eigenvalue weighted by molar-refractivity contribution is -0.568. The molecule has 1 saturated heterocycles. The zero-order chi connectivity index (χ0) is 55.7. The molecule has 2 aromatic carbocycles. The summed E-state index contributed by atoms with van der Waals surface area (Å²) in [5, 5.41) is 38.2. The first-order chi connectivity index (χ1) is 36.5. The number of fused-ring (bicyclic) bond motifs is 1. The van der Waals surface area contributed by atoms with Crippen LogP contribution in [-0.2, 0) is 48.2 Å². The first-order valence-corrected chi connectivity index (χ1v) is 32.9. The zero-order valence-corrected chi connectivity index (χ0v) is 48.9. The van der Waals surface area contributed by atoms with Gasteiger partial charge in [-0.2, -0.15) is 30.0 Å². The molecule has 4 heterocycles. The van der Waals surface area contributed by atoms with Crippen molar-refractivity contribution in [2.24, 2.45) is 0 Å². The van der Waals surface area contributed by atoms with Gasteiger partial charge in [-0.15, -0.1) is 16.1 Å². The van der Waals surface area contributed by atoms with Crippen molar-refractivity contribution < 1.29 is 68.4 Å². The van der Waals surface area contributed by atoms with Gasteiger partial charge in [-0.1, -0.05) is 114 Å². The van der Waals surface area contributed by atoms with Gasteiger partial charge < -0.3 is 30.4 Å². The lowest BCUT2D eigenvalue weighted by Crippen LogP contribution is -2.38. The fourth-order valence-electron chi connectivity index (χ4n) is 9.11. The molecule has 19 nitrogen and oxygen atoms in total. The van der Waals surface area contributed by atoms with E-state index in [1.54, 1.807) is 17.8 Å². The number of thiophene rings is 1. The van der Waals surface area contributed by atoms with Crippen LogP contribution in [0.1, 0.15) is 102 Å². The fourth-order valence-corrected chi connectivity index (χ4v) is 15.5. The highest BCUT2D eigenvalue weighted by Gasteiger charge is 2.45. The predicted octanol–water partition coefficient (Wildman–Crippen LogP) is 9.26. The topological polar surface area (TPSA) is 285 Å². The second-order valence-electron chi connectivity index (χ2n) is 18.4.